The minimum absolute atomic E-state index is 0.160. The lowest BCUT2D eigenvalue weighted by atomic mass is 9.80. The molecular weight excluding hydrogens is 252 g/mol. The molecule has 1 aliphatic rings. The lowest BCUT2D eigenvalue weighted by molar-refractivity contribution is -0.0602. The SMILES string of the molecule is COC1(CNc2ncccc2S(C)(=O)=O)CCC1. The monoisotopic (exact) mass is 270 g/mol. The Balaban J connectivity index is 2.15. The van der Waals surface area contributed by atoms with Gasteiger partial charge in [-0.15, -0.1) is 0 Å². The van der Waals surface area contributed by atoms with Crippen molar-refractivity contribution in [3.8, 4) is 0 Å². The normalized spacial score (nSPS) is 18.1. The number of hydrogen-bond donors (Lipinski definition) is 1. The summed E-state index contributed by atoms with van der Waals surface area (Å²) >= 11 is 0. The van der Waals surface area contributed by atoms with Crippen LogP contribution in [0.15, 0.2) is 23.2 Å². The summed E-state index contributed by atoms with van der Waals surface area (Å²) in [5.41, 5.74) is -0.160. The molecule has 5 nitrogen and oxygen atoms in total. The van der Waals surface area contributed by atoms with E-state index in [2.05, 4.69) is 10.3 Å². The van der Waals surface area contributed by atoms with Crippen LogP contribution in [0.3, 0.4) is 0 Å². The number of sulfone groups is 1. The molecule has 0 aromatic carbocycles. The Kier molecular flexibility index (Phi) is 3.59. The molecule has 1 N–H and O–H groups in total. The van der Waals surface area contributed by atoms with Crippen molar-refractivity contribution in [2.24, 2.45) is 0 Å². The smallest absolute Gasteiger partial charge is 0.179 e. The second-order valence-corrected chi connectivity index (χ2v) is 6.70. The van der Waals surface area contributed by atoms with E-state index >= 15 is 0 Å². The topological polar surface area (TPSA) is 68.3 Å². The fourth-order valence-electron chi connectivity index (χ4n) is 2.09. The van der Waals surface area contributed by atoms with Crippen molar-refractivity contribution in [2.75, 3.05) is 25.2 Å². The molecule has 6 heteroatoms. The van der Waals surface area contributed by atoms with E-state index in [-0.39, 0.29) is 10.5 Å². The van der Waals surface area contributed by atoms with E-state index in [1.54, 1.807) is 25.4 Å². The van der Waals surface area contributed by atoms with Crippen molar-refractivity contribution in [1.82, 2.24) is 4.98 Å². The third-order valence-electron chi connectivity index (χ3n) is 3.45. The summed E-state index contributed by atoms with van der Waals surface area (Å²) in [5.74, 6) is 0.406. The summed E-state index contributed by atoms with van der Waals surface area (Å²) in [4.78, 5) is 4.33. The van der Waals surface area contributed by atoms with Crippen LogP contribution in [0, 0.1) is 0 Å². The van der Waals surface area contributed by atoms with E-state index in [0.29, 0.717) is 12.4 Å². The predicted molar refractivity (Wildman–Crippen MR) is 69.4 cm³/mol. The second-order valence-electron chi connectivity index (χ2n) is 4.72. The first-order valence-electron chi connectivity index (χ1n) is 5.91. The molecule has 0 bridgehead atoms. The van der Waals surface area contributed by atoms with E-state index in [1.807, 2.05) is 0 Å². The lowest BCUT2D eigenvalue weighted by Crippen LogP contribution is -2.45. The highest BCUT2D eigenvalue weighted by atomic mass is 32.2. The Morgan fingerprint density at radius 2 is 2.22 bits per heavy atom. The maximum atomic E-state index is 11.6. The van der Waals surface area contributed by atoms with Gasteiger partial charge < -0.3 is 10.1 Å². The van der Waals surface area contributed by atoms with Gasteiger partial charge in [-0.1, -0.05) is 0 Å². The van der Waals surface area contributed by atoms with Gasteiger partial charge in [0.1, 0.15) is 10.7 Å². The molecule has 1 aromatic rings. The molecule has 2 rings (SSSR count). The minimum atomic E-state index is -3.26. The third kappa shape index (κ3) is 2.64. The highest BCUT2D eigenvalue weighted by Crippen LogP contribution is 2.35. The van der Waals surface area contributed by atoms with Gasteiger partial charge in [0, 0.05) is 26.1 Å². The van der Waals surface area contributed by atoms with Crippen LogP contribution >= 0.6 is 0 Å². The van der Waals surface area contributed by atoms with Crippen LogP contribution in [-0.4, -0.2) is 38.9 Å². The van der Waals surface area contributed by atoms with Crippen LogP contribution in [0.2, 0.25) is 0 Å². The second kappa shape index (κ2) is 4.85. The molecule has 1 fully saturated rings. The van der Waals surface area contributed by atoms with E-state index in [1.165, 1.54) is 6.26 Å². The first-order chi connectivity index (χ1) is 8.47. The van der Waals surface area contributed by atoms with Crippen LogP contribution in [0.5, 0.6) is 0 Å². The van der Waals surface area contributed by atoms with Gasteiger partial charge in [-0.3, -0.25) is 0 Å². The quantitative estimate of drug-likeness (QED) is 0.877. The summed E-state index contributed by atoms with van der Waals surface area (Å²) in [6.45, 7) is 0.586. The van der Waals surface area contributed by atoms with Crippen molar-refractivity contribution in [1.29, 1.82) is 0 Å². The van der Waals surface area contributed by atoms with Crippen molar-refractivity contribution >= 4 is 15.7 Å². The number of aromatic nitrogens is 1. The van der Waals surface area contributed by atoms with Crippen molar-refractivity contribution < 1.29 is 13.2 Å². The van der Waals surface area contributed by atoms with Gasteiger partial charge in [-0.05, 0) is 31.4 Å². The van der Waals surface area contributed by atoms with Gasteiger partial charge in [0.05, 0.1) is 5.60 Å². The number of pyridine rings is 1. The predicted octanol–water partition coefficient (Wildman–Crippen LogP) is 1.47. The molecule has 1 aromatic heterocycles. The fourth-order valence-corrected chi connectivity index (χ4v) is 2.89. The lowest BCUT2D eigenvalue weighted by Gasteiger charge is -2.40. The average molecular weight is 270 g/mol. The Hall–Kier alpha value is -1.14. The molecule has 1 aliphatic carbocycles. The molecule has 0 saturated heterocycles. The minimum Gasteiger partial charge on any atom is -0.376 e. The molecule has 100 valence electrons. The van der Waals surface area contributed by atoms with E-state index in [0.717, 1.165) is 19.3 Å². The molecule has 0 amide bonds. The van der Waals surface area contributed by atoms with Gasteiger partial charge in [-0.25, -0.2) is 13.4 Å². The fraction of sp³-hybridized carbons (Fsp3) is 0.583. The standard InChI is InChI=1S/C12H18N2O3S/c1-17-12(6-4-7-12)9-14-11-10(18(2,15)16)5-3-8-13-11/h3,5,8H,4,6-7,9H2,1-2H3,(H,13,14). The zero-order valence-corrected chi connectivity index (χ0v) is 11.5. The number of nitrogens with one attached hydrogen (secondary N) is 1. The maximum absolute atomic E-state index is 11.6. The van der Waals surface area contributed by atoms with Crippen molar-refractivity contribution in [3.05, 3.63) is 18.3 Å². The number of nitrogens with zero attached hydrogens (tertiary/aromatic N) is 1. The number of ether oxygens (including phenoxy) is 1. The molecule has 0 radical (unpaired) electrons. The first kappa shape index (κ1) is 13.3. The van der Waals surface area contributed by atoms with Gasteiger partial charge in [-0.2, -0.15) is 0 Å². The van der Waals surface area contributed by atoms with Gasteiger partial charge in [0.15, 0.2) is 9.84 Å². The molecule has 0 unspecified atom stereocenters. The van der Waals surface area contributed by atoms with E-state index < -0.39 is 9.84 Å². The summed E-state index contributed by atoms with van der Waals surface area (Å²) < 4.78 is 28.7. The van der Waals surface area contributed by atoms with Crippen LogP contribution in [0.1, 0.15) is 19.3 Å². The molecule has 18 heavy (non-hydrogen) atoms. The Morgan fingerprint density at radius 1 is 1.50 bits per heavy atom. The zero-order valence-electron chi connectivity index (χ0n) is 10.6. The van der Waals surface area contributed by atoms with Crippen LogP contribution in [-0.2, 0) is 14.6 Å². The van der Waals surface area contributed by atoms with Gasteiger partial charge in [0.2, 0.25) is 0 Å². The van der Waals surface area contributed by atoms with E-state index in [4.69, 9.17) is 4.74 Å². The third-order valence-corrected chi connectivity index (χ3v) is 4.57. The average Bonchev–Trinajstić information content (AvgIpc) is 2.27. The Morgan fingerprint density at radius 3 is 2.72 bits per heavy atom. The number of hydrogen-bond acceptors (Lipinski definition) is 5. The van der Waals surface area contributed by atoms with Crippen LogP contribution in [0.25, 0.3) is 0 Å². The van der Waals surface area contributed by atoms with Crippen LogP contribution < -0.4 is 5.32 Å². The highest BCUT2D eigenvalue weighted by molar-refractivity contribution is 7.90. The molecule has 1 heterocycles. The number of anilines is 1. The first-order valence-corrected chi connectivity index (χ1v) is 7.80. The number of methoxy groups -OCH3 is 1. The number of rotatable bonds is 5. The molecule has 0 aliphatic heterocycles. The Labute approximate surface area is 107 Å². The summed E-state index contributed by atoms with van der Waals surface area (Å²) in [6, 6.07) is 3.18. The molecule has 1 saturated carbocycles. The summed E-state index contributed by atoms with van der Waals surface area (Å²) in [6.07, 6.45) is 5.91. The van der Waals surface area contributed by atoms with Crippen LogP contribution in [0.4, 0.5) is 5.82 Å². The Bertz CT molecular complexity index is 518. The molecular formula is C12H18N2O3S. The van der Waals surface area contributed by atoms with Crippen molar-refractivity contribution in [2.45, 2.75) is 29.8 Å². The molecule has 0 atom stereocenters. The van der Waals surface area contributed by atoms with Gasteiger partial charge in [0.25, 0.3) is 0 Å². The summed E-state index contributed by atoms with van der Waals surface area (Å²) in [7, 11) is -1.57. The highest BCUT2D eigenvalue weighted by Gasteiger charge is 2.37. The molecule has 0 spiro atoms. The zero-order chi connectivity index (χ0) is 13.2. The van der Waals surface area contributed by atoms with E-state index in [9.17, 15) is 8.42 Å². The van der Waals surface area contributed by atoms with Crippen molar-refractivity contribution in [3.63, 3.8) is 0 Å². The largest absolute Gasteiger partial charge is 0.376 e. The summed E-state index contributed by atoms with van der Waals surface area (Å²) in [5, 5.41) is 3.10. The maximum Gasteiger partial charge on any atom is 0.179 e. The van der Waals surface area contributed by atoms with Gasteiger partial charge >= 0.3 is 0 Å².